The Labute approximate surface area is 235 Å². The van der Waals surface area contributed by atoms with Gasteiger partial charge in [-0.1, -0.05) is 103 Å². The molecule has 1 saturated heterocycles. The number of carbonyl (C=O) groups is 4. The molecule has 0 spiro atoms. The number of Topliss-reactive ketones (excluding diaryl/α,β-unsaturated/α-hetero) is 3. The van der Waals surface area contributed by atoms with Crippen molar-refractivity contribution in [3.8, 4) is 0 Å². The number of amides is 2. The molecule has 3 aromatic carbocycles. The SMILES string of the molecule is O=C(C(O)c1ccccc1)[C@H]1O[C@@H](N2CC=CCNC2=O)[C@@](O)(C(=O)c2ccccc2)[C@@]1(O)C(=O)c1ccccc1. The molecule has 41 heavy (non-hydrogen) atoms. The van der Waals surface area contributed by atoms with E-state index in [0.717, 1.165) is 4.90 Å². The molecular weight excluding hydrogens is 528 g/mol. The van der Waals surface area contributed by atoms with Crippen molar-refractivity contribution in [2.24, 2.45) is 0 Å². The van der Waals surface area contributed by atoms with Crippen molar-refractivity contribution in [2.45, 2.75) is 29.6 Å². The van der Waals surface area contributed by atoms with Gasteiger partial charge >= 0.3 is 6.03 Å². The number of hydrogen-bond donors (Lipinski definition) is 4. The zero-order chi connectivity index (χ0) is 29.2. The van der Waals surface area contributed by atoms with Gasteiger partial charge in [0.1, 0.15) is 6.10 Å². The molecule has 5 rings (SSSR count). The Hall–Kier alpha value is -4.48. The summed E-state index contributed by atoms with van der Waals surface area (Å²) in [7, 11) is 0. The molecule has 2 aliphatic rings. The van der Waals surface area contributed by atoms with E-state index in [1.54, 1.807) is 42.5 Å². The van der Waals surface area contributed by atoms with Gasteiger partial charge in [-0.2, -0.15) is 0 Å². The van der Waals surface area contributed by atoms with Crippen LogP contribution in [0.4, 0.5) is 4.79 Å². The van der Waals surface area contributed by atoms with Crippen LogP contribution in [0, 0.1) is 0 Å². The predicted molar refractivity (Wildman–Crippen MR) is 146 cm³/mol. The predicted octanol–water partition coefficient (Wildman–Crippen LogP) is 1.82. The second kappa shape index (κ2) is 11.2. The van der Waals surface area contributed by atoms with Gasteiger partial charge in [0.15, 0.2) is 18.1 Å². The summed E-state index contributed by atoms with van der Waals surface area (Å²) in [6.45, 7) is -0.0476. The van der Waals surface area contributed by atoms with Gasteiger partial charge in [-0.3, -0.25) is 19.3 Å². The molecule has 4 N–H and O–H groups in total. The number of rotatable bonds is 8. The van der Waals surface area contributed by atoms with Gasteiger partial charge in [-0.15, -0.1) is 0 Å². The molecule has 5 atom stereocenters. The molecule has 10 heteroatoms. The van der Waals surface area contributed by atoms with Crippen LogP contribution in [-0.4, -0.2) is 80.2 Å². The summed E-state index contributed by atoms with van der Waals surface area (Å²) in [5.74, 6) is -3.53. The second-order valence-electron chi connectivity index (χ2n) is 9.82. The Morgan fingerprint density at radius 1 is 0.805 bits per heavy atom. The molecule has 0 bridgehead atoms. The molecule has 1 unspecified atom stereocenters. The van der Waals surface area contributed by atoms with Gasteiger partial charge < -0.3 is 25.4 Å². The van der Waals surface area contributed by atoms with Crippen LogP contribution in [0.5, 0.6) is 0 Å². The van der Waals surface area contributed by atoms with E-state index in [0.29, 0.717) is 0 Å². The highest BCUT2D eigenvalue weighted by atomic mass is 16.6. The molecule has 2 aliphatic heterocycles. The Bertz CT molecular complexity index is 1480. The van der Waals surface area contributed by atoms with Crippen LogP contribution >= 0.6 is 0 Å². The van der Waals surface area contributed by atoms with E-state index >= 15 is 0 Å². The summed E-state index contributed by atoms with van der Waals surface area (Å²) in [6, 6.07) is 21.7. The fourth-order valence-corrected chi connectivity index (χ4v) is 5.23. The third kappa shape index (κ3) is 4.66. The van der Waals surface area contributed by atoms with E-state index in [9.17, 15) is 34.5 Å². The third-order valence-electron chi connectivity index (χ3n) is 7.37. The molecule has 0 saturated carbocycles. The zero-order valence-electron chi connectivity index (χ0n) is 21.8. The summed E-state index contributed by atoms with van der Waals surface area (Å²) in [6.07, 6.45) is -2.96. The van der Waals surface area contributed by atoms with Crippen molar-refractivity contribution in [1.82, 2.24) is 10.2 Å². The minimum Gasteiger partial charge on any atom is -0.380 e. The van der Waals surface area contributed by atoms with Crippen LogP contribution in [0.3, 0.4) is 0 Å². The Morgan fingerprint density at radius 3 is 1.88 bits per heavy atom. The average molecular weight is 557 g/mol. The minimum atomic E-state index is -3.27. The summed E-state index contributed by atoms with van der Waals surface area (Å²) >= 11 is 0. The summed E-state index contributed by atoms with van der Waals surface area (Å²) < 4.78 is 5.93. The molecule has 0 aliphatic carbocycles. The van der Waals surface area contributed by atoms with Crippen LogP contribution in [-0.2, 0) is 9.53 Å². The largest absolute Gasteiger partial charge is 0.380 e. The zero-order valence-corrected chi connectivity index (χ0v) is 21.8. The minimum absolute atomic E-state index is 0.106. The fraction of sp³-hybridized carbons (Fsp3) is 0.226. The van der Waals surface area contributed by atoms with Gasteiger partial charge in [0.05, 0.1) is 0 Å². The topological polar surface area (TPSA) is 153 Å². The normalized spacial score (nSPS) is 26.6. The number of aliphatic hydroxyl groups is 3. The lowest BCUT2D eigenvalue weighted by molar-refractivity contribution is -0.149. The van der Waals surface area contributed by atoms with Gasteiger partial charge in [-0.25, -0.2) is 4.79 Å². The first kappa shape index (κ1) is 28.1. The standard InChI is InChI=1S/C31H28N2O8/c34-23(20-12-4-1-5-13-20)24(35)27-30(39,25(36)21-14-6-2-7-15-21)31(40,26(37)22-16-8-3-9-17-22)28(41-27)33-19-11-10-18-32-29(33)38/h1-17,23,27-28,34,39-40H,18-19H2,(H,32,38)/t23?,27-,28-,30-,31+/m1/s1. The molecule has 2 heterocycles. The lowest BCUT2D eigenvalue weighted by Gasteiger charge is -2.40. The van der Waals surface area contributed by atoms with Crippen molar-refractivity contribution >= 4 is 23.4 Å². The summed E-state index contributed by atoms with van der Waals surface area (Å²) in [4.78, 5) is 56.3. The molecule has 1 fully saturated rings. The number of hydrogen-bond acceptors (Lipinski definition) is 8. The number of carbonyl (C=O) groups excluding carboxylic acids is 4. The number of ether oxygens (including phenoxy) is 1. The van der Waals surface area contributed by atoms with E-state index in [1.807, 2.05) is 0 Å². The van der Waals surface area contributed by atoms with Crippen molar-refractivity contribution in [3.05, 3.63) is 120 Å². The van der Waals surface area contributed by atoms with Crippen LogP contribution in [0.15, 0.2) is 103 Å². The van der Waals surface area contributed by atoms with Crippen LogP contribution in [0.25, 0.3) is 0 Å². The molecule has 3 aromatic rings. The highest BCUT2D eigenvalue weighted by Gasteiger charge is 2.76. The number of urea groups is 1. The molecule has 10 nitrogen and oxygen atoms in total. The van der Waals surface area contributed by atoms with Gasteiger partial charge in [0.2, 0.25) is 22.8 Å². The molecule has 2 amide bonds. The van der Waals surface area contributed by atoms with Crippen molar-refractivity contribution in [3.63, 3.8) is 0 Å². The van der Waals surface area contributed by atoms with E-state index in [4.69, 9.17) is 4.74 Å². The highest BCUT2D eigenvalue weighted by Crippen LogP contribution is 2.47. The quantitative estimate of drug-likeness (QED) is 0.242. The lowest BCUT2D eigenvalue weighted by atomic mass is 9.69. The van der Waals surface area contributed by atoms with Crippen LogP contribution in [0.2, 0.25) is 0 Å². The first-order chi connectivity index (χ1) is 19.7. The van der Waals surface area contributed by atoms with Crippen molar-refractivity contribution in [1.29, 1.82) is 0 Å². The van der Waals surface area contributed by atoms with Crippen LogP contribution in [0.1, 0.15) is 32.4 Å². The number of nitrogens with zero attached hydrogens (tertiary/aromatic N) is 1. The average Bonchev–Trinajstić information content (AvgIpc) is 3.11. The Morgan fingerprint density at radius 2 is 1.32 bits per heavy atom. The van der Waals surface area contributed by atoms with Crippen LogP contribution < -0.4 is 5.32 Å². The molecule has 210 valence electrons. The second-order valence-corrected chi connectivity index (χ2v) is 9.82. The first-order valence-corrected chi connectivity index (χ1v) is 13.0. The third-order valence-corrected chi connectivity index (χ3v) is 7.37. The fourth-order valence-electron chi connectivity index (χ4n) is 5.23. The Balaban J connectivity index is 1.73. The summed E-state index contributed by atoms with van der Waals surface area (Å²) in [5, 5.41) is 38.4. The van der Waals surface area contributed by atoms with E-state index in [1.165, 1.54) is 60.7 Å². The maximum Gasteiger partial charge on any atom is 0.320 e. The van der Waals surface area contributed by atoms with E-state index in [2.05, 4.69) is 5.32 Å². The number of nitrogens with one attached hydrogen (secondary N) is 1. The maximum atomic E-state index is 14.2. The lowest BCUT2D eigenvalue weighted by Crippen LogP contribution is -2.71. The molecular formula is C31H28N2O8. The van der Waals surface area contributed by atoms with Gasteiger partial charge in [-0.05, 0) is 5.56 Å². The number of ketones is 3. The molecule has 0 aromatic heterocycles. The number of aliphatic hydroxyl groups excluding tert-OH is 1. The van der Waals surface area contributed by atoms with Crippen molar-refractivity contribution < 1.29 is 39.2 Å². The Kier molecular flexibility index (Phi) is 7.65. The van der Waals surface area contributed by atoms with E-state index in [-0.39, 0.29) is 29.8 Å². The van der Waals surface area contributed by atoms with Gasteiger partial charge in [0.25, 0.3) is 0 Å². The smallest absolute Gasteiger partial charge is 0.320 e. The monoisotopic (exact) mass is 556 g/mol. The van der Waals surface area contributed by atoms with Gasteiger partial charge in [0, 0.05) is 24.2 Å². The summed E-state index contributed by atoms with van der Waals surface area (Å²) in [5.41, 5.74) is -6.56. The highest BCUT2D eigenvalue weighted by molar-refractivity contribution is 6.16. The van der Waals surface area contributed by atoms with E-state index < -0.39 is 53.0 Å². The number of benzene rings is 3. The van der Waals surface area contributed by atoms with Crippen molar-refractivity contribution in [2.75, 3.05) is 13.1 Å². The maximum absolute atomic E-state index is 14.2. The first-order valence-electron chi connectivity index (χ1n) is 13.0. The molecule has 0 radical (unpaired) electrons.